The Bertz CT molecular complexity index is 364. The lowest BCUT2D eigenvalue weighted by Crippen LogP contribution is -2.03. The average Bonchev–Trinajstić information content (AvgIpc) is 2.12. The molecule has 15 heavy (non-hydrogen) atoms. The zero-order valence-corrected chi connectivity index (χ0v) is 9.38. The number of carbonyl (C=O) groups is 1. The minimum Gasteiger partial charge on any atom is -0.508 e. The highest BCUT2D eigenvalue weighted by Crippen LogP contribution is 2.31. The highest BCUT2D eigenvalue weighted by atomic mass is 35.5. The molecular weight excluding hydrogens is 216 g/mol. The molecule has 1 unspecified atom stereocenters. The molecule has 0 bridgehead atoms. The van der Waals surface area contributed by atoms with Crippen LogP contribution >= 0.6 is 11.6 Å². The lowest BCUT2D eigenvalue weighted by atomic mass is 9.96. The maximum Gasteiger partial charge on any atom is 0.303 e. The summed E-state index contributed by atoms with van der Waals surface area (Å²) >= 11 is 5.89. The summed E-state index contributed by atoms with van der Waals surface area (Å²) in [5.41, 5.74) is 1.36. The van der Waals surface area contributed by atoms with Crippen molar-refractivity contribution in [2.45, 2.75) is 26.2 Å². The van der Waals surface area contributed by atoms with Crippen molar-refractivity contribution in [2.24, 2.45) is 0 Å². The first-order valence-electron chi connectivity index (χ1n) is 4.62. The van der Waals surface area contributed by atoms with Gasteiger partial charge in [0.1, 0.15) is 5.75 Å². The Morgan fingerprint density at radius 2 is 2.13 bits per heavy atom. The van der Waals surface area contributed by atoms with Gasteiger partial charge < -0.3 is 10.2 Å². The van der Waals surface area contributed by atoms with Crippen LogP contribution in [0, 0.1) is 6.92 Å². The van der Waals surface area contributed by atoms with Crippen molar-refractivity contribution in [3.8, 4) is 5.75 Å². The molecule has 4 heteroatoms. The summed E-state index contributed by atoms with van der Waals surface area (Å²) in [4.78, 5) is 10.5. The number of aliphatic carboxylic acids is 1. The summed E-state index contributed by atoms with van der Waals surface area (Å²) in [5.74, 6) is -0.917. The van der Waals surface area contributed by atoms with E-state index in [4.69, 9.17) is 16.7 Å². The smallest absolute Gasteiger partial charge is 0.303 e. The quantitative estimate of drug-likeness (QED) is 0.836. The summed E-state index contributed by atoms with van der Waals surface area (Å²) in [7, 11) is 0. The summed E-state index contributed by atoms with van der Waals surface area (Å²) in [6, 6.07) is 3.26. The minimum atomic E-state index is -0.862. The van der Waals surface area contributed by atoms with E-state index in [2.05, 4.69) is 0 Å². The molecule has 3 nitrogen and oxygen atoms in total. The highest BCUT2D eigenvalue weighted by Gasteiger charge is 2.13. The van der Waals surface area contributed by atoms with E-state index in [1.54, 1.807) is 26.0 Å². The zero-order valence-electron chi connectivity index (χ0n) is 8.62. The topological polar surface area (TPSA) is 57.5 Å². The number of carboxylic acids is 1. The SMILES string of the molecule is Cc1c(O)cc(C(C)CC(=O)O)cc1Cl. The molecular formula is C11H13ClO3. The molecule has 0 amide bonds. The van der Waals surface area contributed by atoms with Crippen molar-refractivity contribution in [2.75, 3.05) is 0 Å². The van der Waals surface area contributed by atoms with Crippen molar-refractivity contribution < 1.29 is 15.0 Å². The normalized spacial score (nSPS) is 12.5. The molecule has 0 fully saturated rings. The van der Waals surface area contributed by atoms with Crippen molar-refractivity contribution in [1.82, 2.24) is 0 Å². The Labute approximate surface area is 93.3 Å². The minimum absolute atomic E-state index is 0.0266. The van der Waals surface area contributed by atoms with Gasteiger partial charge in [-0.3, -0.25) is 4.79 Å². The molecule has 1 aromatic rings. The van der Waals surface area contributed by atoms with Gasteiger partial charge in [-0.1, -0.05) is 18.5 Å². The van der Waals surface area contributed by atoms with Crippen LogP contribution in [0.4, 0.5) is 0 Å². The van der Waals surface area contributed by atoms with E-state index >= 15 is 0 Å². The average molecular weight is 229 g/mol. The predicted molar refractivity (Wildman–Crippen MR) is 58.5 cm³/mol. The van der Waals surface area contributed by atoms with Crippen molar-refractivity contribution in [1.29, 1.82) is 0 Å². The van der Waals surface area contributed by atoms with Gasteiger partial charge in [-0.05, 0) is 30.5 Å². The zero-order chi connectivity index (χ0) is 11.6. The fourth-order valence-electron chi connectivity index (χ4n) is 1.35. The van der Waals surface area contributed by atoms with Gasteiger partial charge in [0.05, 0.1) is 6.42 Å². The third kappa shape index (κ3) is 2.86. The lowest BCUT2D eigenvalue weighted by molar-refractivity contribution is -0.137. The molecule has 0 aromatic heterocycles. The third-order valence-electron chi connectivity index (χ3n) is 2.39. The molecule has 0 spiro atoms. The van der Waals surface area contributed by atoms with Crippen LogP contribution < -0.4 is 0 Å². The summed E-state index contributed by atoms with van der Waals surface area (Å²) in [5, 5.41) is 18.6. The second kappa shape index (κ2) is 4.53. The molecule has 82 valence electrons. The van der Waals surface area contributed by atoms with E-state index in [1.165, 1.54) is 0 Å². The van der Waals surface area contributed by atoms with Gasteiger partial charge in [0, 0.05) is 10.6 Å². The number of halogens is 1. The number of benzene rings is 1. The van der Waals surface area contributed by atoms with Crippen molar-refractivity contribution >= 4 is 17.6 Å². The Balaban J connectivity index is 3.00. The third-order valence-corrected chi connectivity index (χ3v) is 2.78. The number of carboxylic acid groups (broad SMARTS) is 1. The summed E-state index contributed by atoms with van der Waals surface area (Å²) in [6.07, 6.45) is 0.0266. The second-order valence-electron chi connectivity index (χ2n) is 3.65. The van der Waals surface area contributed by atoms with Crippen LogP contribution in [0.3, 0.4) is 0 Å². The monoisotopic (exact) mass is 228 g/mol. The molecule has 0 aliphatic rings. The van der Waals surface area contributed by atoms with E-state index < -0.39 is 5.97 Å². The largest absolute Gasteiger partial charge is 0.508 e. The Morgan fingerprint density at radius 1 is 1.53 bits per heavy atom. The second-order valence-corrected chi connectivity index (χ2v) is 4.05. The first-order valence-corrected chi connectivity index (χ1v) is 5.00. The molecule has 0 saturated heterocycles. The Hall–Kier alpha value is -1.22. The van der Waals surface area contributed by atoms with Gasteiger partial charge >= 0.3 is 5.97 Å². The van der Waals surface area contributed by atoms with Gasteiger partial charge in [0.25, 0.3) is 0 Å². The molecule has 1 atom stereocenters. The first-order chi connectivity index (χ1) is 6.91. The Kier molecular flexibility index (Phi) is 3.58. The van der Waals surface area contributed by atoms with E-state index in [0.29, 0.717) is 10.6 Å². The number of rotatable bonds is 3. The summed E-state index contributed by atoms with van der Waals surface area (Å²) in [6.45, 7) is 3.50. The lowest BCUT2D eigenvalue weighted by Gasteiger charge is -2.11. The van der Waals surface area contributed by atoms with Crippen LogP contribution in [-0.4, -0.2) is 16.2 Å². The van der Waals surface area contributed by atoms with Gasteiger partial charge in [0.15, 0.2) is 0 Å². The van der Waals surface area contributed by atoms with E-state index in [0.717, 1.165) is 5.56 Å². The van der Waals surface area contributed by atoms with Crippen LogP contribution in [0.1, 0.15) is 30.4 Å². The number of phenols is 1. The van der Waals surface area contributed by atoms with Crippen LogP contribution in [0.2, 0.25) is 5.02 Å². The van der Waals surface area contributed by atoms with Gasteiger partial charge in [0.2, 0.25) is 0 Å². The van der Waals surface area contributed by atoms with Gasteiger partial charge in [-0.15, -0.1) is 0 Å². The van der Waals surface area contributed by atoms with Gasteiger partial charge in [-0.2, -0.15) is 0 Å². The number of phenolic OH excluding ortho intramolecular Hbond substituents is 1. The maximum atomic E-state index is 10.5. The van der Waals surface area contributed by atoms with Crippen LogP contribution in [0.5, 0.6) is 5.75 Å². The Morgan fingerprint density at radius 3 is 2.60 bits per heavy atom. The first kappa shape index (κ1) is 11.9. The molecule has 0 heterocycles. The molecule has 1 aromatic carbocycles. The van der Waals surface area contributed by atoms with E-state index in [-0.39, 0.29) is 18.1 Å². The fourth-order valence-corrected chi connectivity index (χ4v) is 1.57. The fraction of sp³-hybridized carbons (Fsp3) is 0.364. The predicted octanol–water partition coefficient (Wildman–Crippen LogP) is 2.93. The molecule has 2 N–H and O–H groups in total. The van der Waals surface area contributed by atoms with Crippen molar-refractivity contribution in [3.63, 3.8) is 0 Å². The maximum absolute atomic E-state index is 10.5. The molecule has 1 rings (SSSR count). The standard InChI is InChI=1S/C11H13ClO3/c1-6(3-11(14)15)8-4-9(12)7(2)10(13)5-8/h4-6,13H,3H2,1-2H3,(H,14,15). The van der Waals surface area contributed by atoms with Crippen LogP contribution in [0.15, 0.2) is 12.1 Å². The van der Waals surface area contributed by atoms with Crippen LogP contribution in [-0.2, 0) is 4.79 Å². The van der Waals surface area contributed by atoms with Crippen molar-refractivity contribution in [3.05, 3.63) is 28.3 Å². The van der Waals surface area contributed by atoms with E-state index in [9.17, 15) is 9.90 Å². The summed E-state index contributed by atoms with van der Waals surface area (Å²) < 4.78 is 0. The highest BCUT2D eigenvalue weighted by molar-refractivity contribution is 6.31. The molecule has 0 saturated carbocycles. The number of hydrogen-bond acceptors (Lipinski definition) is 2. The molecule has 0 aliphatic heterocycles. The number of aromatic hydroxyl groups is 1. The van der Waals surface area contributed by atoms with Crippen LogP contribution in [0.25, 0.3) is 0 Å². The van der Waals surface area contributed by atoms with Gasteiger partial charge in [-0.25, -0.2) is 0 Å². The van der Waals surface area contributed by atoms with E-state index in [1.807, 2.05) is 0 Å². The number of hydrogen-bond donors (Lipinski definition) is 2. The molecule has 0 radical (unpaired) electrons. The molecule has 0 aliphatic carbocycles.